The van der Waals surface area contributed by atoms with Gasteiger partial charge in [-0.25, -0.2) is 4.39 Å². The van der Waals surface area contributed by atoms with Crippen molar-refractivity contribution in [1.82, 2.24) is 9.80 Å². The minimum Gasteiger partial charge on any atom is -0.494 e. The van der Waals surface area contributed by atoms with E-state index in [1.165, 1.54) is 11.6 Å². The van der Waals surface area contributed by atoms with Gasteiger partial charge in [0.05, 0.1) is 12.2 Å². The third-order valence-electron chi connectivity index (χ3n) is 6.93. The molecule has 6 nitrogen and oxygen atoms in total. The van der Waals surface area contributed by atoms with Crippen LogP contribution in [0.3, 0.4) is 0 Å². The van der Waals surface area contributed by atoms with E-state index in [2.05, 4.69) is 17.0 Å². The number of hydrogen-bond donors (Lipinski definition) is 1. The minimum atomic E-state index is -0.951. The Hall–Kier alpha value is -2.64. The van der Waals surface area contributed by atoms with Gasteiger partial charge in [0.25, 0.3) is 0 Å². The summed E-state index contributed by atoms with van der Waals surface area (Å²) in [7, 11) is 0. The van der Waals surface area contributed by atoms with Gasteiger partial charge in [-0.15, -0.1) is 0 Å². The molecule has 0 saturated carbocycles. The predicted molar refractivity (Wildman–Crippen MR) is 133 cm³/mol. The monoisotopic (exact) mass is 484 g/mol. The molecule has 2 fully saturated rings. The van der Waals surface area contributed by atoms with E-state index in [0.29, 0.717) is 25.9 Å². The lowest BCUT2D eigenvalue weighted by Gasteiger charge is -2.27. The van der Waals surface area contributed by atoms with Crippen LogP contribution in [0.15, 0.2) is 48.5 Å². The summed E-state index contributed by atoms with van der Waals surface area (Å²) in [4.78, 5) is 16.2. The van der Waals surface area contributed by atoms with Gasteiger partial charge in [0.2, 0.25) is 5.91 Å². The Bertz CT molecular complexity index is 954. The Morgan fingerprint density at radius 1 is 0.943 bits per heavy atom. The van der Waals surface area contributed by atoms with Gasteiger partial charge < -0.3 is 19.5 Å². The van der Waals surface area contributed by atoms with Crippen LogP contribution in [0.1, 0.15) is 50.5 Å². The number of hydrogen-bond acceptors (Lipinski definition) is 5. The number of ether oxygens (including phenoxy) is 2. The van der Waals surface area contributed by atoms with Crippen LogP contribution < -0.4 is 9.47 Å². The molecule has 1 N–H and O–H groups in total. The zero-order valence-corrected chi connectivity index (χ0v) is 20.5. The van der Waals surface area contributed by atoms with Gasteiger partial charge in [-0.3, -0.25) is 9.69 Å². The van der Waals surface area contributed by atoms with E-state index < -0.39 is 11.4 Å². The summed E-state index contributed by atoms with van der Waals surface area (Å²) < 4.78 is 25.3. The number of rotatable bonds is 10. The Labute approximate surface area is 207 Å². The van der Waals surface area contributed by atoms with Gasteiger partial charge in [0.15, 0.2) is 11.6 Å². The number of halogens is 1. The lowest BCUT2D eigenvalue weighted by Crippen LogP contribution is -2.37. The van der Waals surface area contributed by atoms with Crippen LogP contribution in [0.4, 0.5) is 4.39 Å². The van der Waals surface area contributed by atoms with Crippen LogP contribution in [0, 0.1) is 5.82 Å². The van der Waals surface area contributed by atoms with Gasteiger partial charge in [0.1, 0.15) is 12.4 Å². The van der Waals surface area contributed by atoms with Gasteiger partial charge in [-0.1, -0.05) is 24.3 Å². The highest BCUT2D eigenvalue weighted by Crippen LogP contribution is 2.26. The molecule has 2 aromatic rings. The molecular weight excluding hydrogens is 447 g/mol. The molecule has 2 heterocycles. The van der Waals surface area contributed by atoms with Gasteiger partial charge in [0, 0.05) is 32.6 Å². The number of likely N-dealkylation sites (tertiary alicyclic amines) is 2. The normalized spacial score (nSPS) is 21.5. The Balaban J connectivity index is 1.18. The molecule has 0 spiro atoms. The van der Waals surface area contributed by atoms with Gasteiger partial charge >= 0.3 is 0 Å². The molecule has 2 aromatic carbocycles. The van der Waals surface area contributed by atoms with Crippen molar-refractivity contribution in [2.45, 2.75) is 57.1 Å². The van der Waals surface area contributed by atoms with Gasteiger partial charge in [-0.2, -0.15) is 0 Å². The zero-order chi connectivity index (χ0) is 24.5. The molecule has 7 heteroatoms. The van der Waals surface area contributed by atoms with Crippen molar-refractivity contribution in [2.75, 3.05) is 39.4 Å². The predicted octanol–water partition coefficient (Wildman–Crippen LogP) is 4.40. The van der Waals surface area contributed by atoms with E-state index in [-0.39, 0.29) is 18.3 Å². The van der Waals surface area contributed by atoms with Crippen LogP contribution in [0.5, 0.6) is 11.5 Å². The van der Waals surface area contributed by atoms with E-state index in [1.807, 2.05) is 17.0 Å². The number of carbonyl (C=O) groups is 1. The smallest absolute Gasteiger partial charge is 0.222 e. The summed E-state index contributed by atoms with van der Waals surface area (Å²) >= 11 is 0. The number of amides is 1. The quantitative estimate of drug-likeness (QED) is 0.507. The van der Waals surface area contributed by atoms with E-state index in [4.69, 9.17) is 9.47 Å². The van der Waals surface area contributed by atoms with Crippen molar-refractivity contribution < 1.29 is 23.8 Å². The van der Waals surface area contributed by atoms with Gasteiger partial charge in [-0.05, 0) is 74.9 Å². The number of benzene rings is 2. The topological polar surface area (TPSA) is 62.2 Å². The first kappa shape index (κ1) is 25.5. The Kier molecular flexibility index (Phi) is 8.99. The van der Waals surface area contributed by atoms with Crippen LogP contribution in [0.2, 0.25) is 0 Å². The SMILES string of the molecule is O=C1CCCCN1CCCOc1ccc(CN2CCC[C@@](O)(COc3ccccc3F)CC2)cc1. The molecule has 1 amide bonds. The molecule has 2 saturated heterocycles. The average molecular weight is 485 g/mol. The lowest BCUT2D eigenvalue weighted by atomic mass is 9.96. The van der Waals surface area contributed by atoms with Crippen molar-refractivity contribution >= 4 is 5.91 Å². The fraction of sp³-hybridized carbons (Fsp3) is 0.536. The van der Waals surface area contributed by atoms with Crippen molar-refractivity contribution in [3.63, 3.8) is 0 Å². The molecule has 1 atom stereocenters. The number of para-hydroxylation sites is 1. The molecule has 0 radical (unpaired) electrons. The van der Waals surface area contributed by atoms with Crippen molar-refractivity contribution in [3.8, 4) is 11.5 Å². The first-order valence-corrected chi connectivity index (χ1v) is 12.8. The highest BCUT2D eigenvalue weighted by molar-refractivity contribution is 5.76. The lowest BCUT2D eigenvalue weighted by molar-refractivity contribution is -0.133. The first-order chi connectivity index (χ1) is 17.0. The van der Waals surface area contributed by atoms with E-state index in [1.54, 1.807) is 18.2 Å². The van der Waals surface area contributed by atoms with Crippen molar-refractivity contribution in [2.24, 2.45) is 0 Å². The second-order valence-electron chi connectivity index (χ2n) is 9.76. The van der Waals surface area contributed by atoms with Crippen LogP contribution in [-0.2, 0) is 11.3 Å². The van der Waals surface area contributed by atoms with Crippen molar-refractivity contribution in [3.05, 3.63) is 59.9 Å². The molecule has 4 rings (SSSR count). The molecule has 0 bridgehead atoms. The molecule has 0 unspecified atom stereocenters. The highest BCUT2D eigenvalue weighted by Gasteiger charge is 2.31. The van der Waals surface area contributed by atoms with Crippen molar-refractivity contribution in [1.29, 1.82) is 0 Å². The van der Waals surface area contributed by atoms with Crippen LogP contribution >= 0.6 is 0 Å². The van der Waals surface area contributed by atoms with E-state index in [9.17, 15) is 14.3 Å². The second kappa shape index (κ2) is 12.4. The molecule has 0 aliphatic carbocycles. The van der Waals surface area contributed by atoms with E-state index in [0.717, 1.165) is 64.2 Å². The second-order valence-corrected chi connectivity index (χ2v) is 9.76. The summed E-state index contributed by atoms with van der Waals surface area (Å²) in [5, 5.41) is 11.0. The average Bonchev–Trinajstić information content (AvgIpc) is 3.05. The molecule has 2 aliphatic rings. The standard InChI is InChI=1S/C28H37FN2O4/c29-25-7-1-2-8-26(25)35-22-28(33)14-5-16-30(19-15-28)21-23-10-12-24(13-11-23)34-20-6-18-31-17-4-3-9-27(31)32/h1-2,7-8,10-13,33H,3-6,9,14-22H2/t28-/m0/s1. The molecular formula is C28H37FN2O4. The van der Waals surface area contributed by atoms with Crippen LogP contribution in [-0.4, -0.2) is 65.8 Å². The first-order valence-electron chi connectivity index (χ1n) is 12.8. The summed E-state index contributed by atoms with van der Waals surface area (Å²) in [5.74, 6) is 0.889. The maximum Gasteiger partial charge on any atom is 0.222 e. The number of aliphatic hydroxyl groups is 1. The fourth-order valence-corrected chi connectivity index (χ4v) is 4.80. The Morgan fingerprint density at radius 3 is 2.57 bits per heavy atom. The third-order valence-corrected chi connectivity index (χ3v) is 6.93. The fourth-order valence-electron chi connectivity index (χ4n) is 4.80. The maximum atomic E-state index is 13.8. The number of nitrogens with zero attached hydrogens (tertiary/aromatic N) is 2. The summed E-state index contributed by atoms with van der Waals surface area (Å²) in [6.45, 7) is 4.80. The number of piperidine rings is 1. The number of carbonyl (C=O) groups excluding carboxylic acids is 1. The maximum absolute atomic E-state index is 13.8. The third kappa shape index (κ3) is 7.67. The highest BCUT2D eigenvalue weighted by atomic mass is 19.1. The van der Waals surface area contributed by atoms with Crippen LogP contribution in [0.25, 0.3) is 0 Å². The molecule has 190 valence electrons. The largest absolute Gasteiger partial charge is 0.494 e. The summed E-state index contributed by atoms with van der Waals surface area (Å²) in [5.41, 5.74) is 0.248. The molecule has 35 heavy (non-hydrogen) atoms. The minimum absolute atomic E-state index is 0.0970. The summed E-state index contributed by atoms with van der Waals surface area (Å²) in [6.07, 6.45) is 5.71. The summed E-state index contributed by atoms with van der Waals surface area (Å²) in [6, 6.07) is 14.5. The Morgan fingerprint density at radius 2 is 1.77 bits per heavy atom. The molecule has 2 aliphatic heterocycles. The zero-order valence-electron chi connectivity index (χ0n) is 20.5. The van der Waals surface area contributed by atoms with E-state index >= 15 is 0 Å². The molecule has 0 aromatic heterocycles.